The Morgan fingerprint density at radius 1 is 0.710 bits per heavy atom. The van der Waals surface area contributed by atoms with Crippen LogP contribution in [0.3, 0.4) is 0 Å². The van der Waals surface area contributed by atoms with E-state index < -0.39 is 5.60 Å². The normalized spacial score (nSPS) is 13.6. The molecule has 0 aliphatic carbocycles. The van der Waals surface area contributed by atoms with Crippen LogP contribution in [0.5, 0.6) is 0 Å². The predicted molar refractivity (Wildman–Crippen MR) is 133 cm³/mol. The van der Waals surface area contributed by atoms with E-state index in [1.165, 1.54) is 11.1 Å². The van der Waals surface area contributed by atoms with Crippen molar-refractivity contribution >= 4 is 11.4 Å². The molecule has 0 saturated carbocycles. The van der Waals surface area contributed by atoms with Crippen LogP contribution in [0.1, 0.15) is 81.5 Å². The molecule has 1 atom stereocenters. The molecule has 2 heteroatoms. The van der Waals surface area contributed by atoms with Crippen molar-refractivity contribution < 1.29 is 5.11 Å². The van der Waals surface area contributed by atoms with Crippen LogP contribution in [-0.4, -0.2) is 16.4 Å². The van der Waals surface area contributed by atoms with Crippen molar-refractivity contribution in [3.8, 4) is 0 Å². The highest BCUT2D eigenvalue weighted by Gasteiger charge is 2.34. The Morgan fingerprint density at radius 2 is 1.19 bits per heavy atom. The third kappa shape index (κ3) is 5.32. The van der Waals surface area contributed by atoms with E-state index in [0.29, 0.717) is 11.8 Å². The van der Waals surface area contributed by atoms with Crippen LogP contribution in [-0.2, 0) is 0 Å². The average Bonchev–Trinajstić information content (AvgIpc) is 2.73. The lowest BCUT2D eigenvalue weighted by molar-refractivity contribution is 0.0712. The number of hydrogen-bond donors (Lipinski definition) is 1. The molecular weight excluding hydrogens is 378 g/mol. The quantitative estimate of drug-likeness (QED) is 0.397. The zero-order valence-corrected chi connectivity index (χ0v) is 19.6. The summed E-state index contributed by atoms with van der Waals surface area (Å²) in [6.45, 7) is 12.6. The zero-order valence-electron chi connectivity index (χ0n) is 19.6. The predicted octanol–water partition coefficient (Wildman–Crippen LogP) is 7.61. The number of nitrogens with zero attached hydrogens (tertiary/aromatic N) is 1. The van der Waals surface area contributed by atoms with Gasteiger partial charge in [-0.3, -0.25) is 4.99 Å². The Labute approximate surface area is 187 Å². The van der Waals surface area contributed by atoms with E-state index in [0.717, 1.165) is 22.5 Å². The van der Waals surface area contributed by atoms with E-state index in [9.17, 15) is 5.11 Å². The summed E-state index contributed by atoms with van der Waals surface area (Å²) in [5, 5.41) is 11.3. The Hall–Kier alpha value is -2.71. The summed E-state index contributed by atoms with van der Waals surface area (Å²) in [5.41, 5.74) is 5.52. The van der Waals surface area contributed by atoms with Gasteiger partial charge in [0.1, 0.15) is 0 Å². The fourth-order valence-corrected chi connectivity index (χ4v) is 4.21. The highest BCUT2D eigenvalue weighted by molar-refractivity contribution is 6.07. The summed E-state index contributed by atoms with van der Waals surface area (Å²) >= 11 is 0. The minimum absolute atomic E-state index is 0.267. The van der Waals surface area contributed by atoms with Crippen molar-refractivity contribution in [3.05, 3.63) is 101 Å². The molecule has 0 aliphatic rings. The summed E-state index contributed by atoms with van der Waals surface area (Å²) in [6, 6.07) is 27.0. The summed E-state index contributed by atoms with van der Waals surface area (Å²) in [5.74, 6) is 0.440. The first-order valence-electron chi connectivity index (χ1n) is 11.2. The van der Waals surface area contributed by atoms with Crippen LogP contribution >= 0.6 is 0 Å². The molecule has 1 unspecified atom stereocenters. The van der Waals surface area contributed by atoms with Gasteiger partial charge in [0.05, 0.1) is 22.9 Å². The smallest absolute Gasteiger partial charge is 0.0715 e. The van der Waals surface area contributed by atoms with Gasteiger partial charge in [0, 0.05) is 0 Å². The second-order valence-electron chi connectivity index (χ2n) is 9.45. The first-order valence-corrected chi connectivity index (χ1v) is 11.2. The second kappa shape index (κ2) is 9.62. The molecule has 3 aromatic carbocycles. The van der Waals surface area contributed by atoms with Crippen LogP contribution in [0, 0.1) is 0 Å². The highest BCUT2D eigenvalue weighted by Crippen LogP contribution is 2.39. The number of benzene rings is 3. The van der Waals surface area contributed by atoms with Crippen LogP contribution in [0.2, 0.25) is 0 Å². The monoisotopic (exact) mass is 413 g/mol. The largest absolute Gasteiger partial charge is 0.389 e. The molecule has 3 rings (SSSR count). The fraction of sp³-hybridized carbons (Fsp3) is 0.345. The molecule has 0 aliphatic heterocycles. The minimum atomic E-state index is -0.985. The van der Waals surface area contributed by atoms with E-state index in [2.05, 4.69) is 70.2 Å². The second-order valence-corrected chi connectivity index (χ2v) is 9.45. The van der Waals surface area contributed by atoms with Gasteiger partial charge in [0.25, 0.3) is 0 Å². The molecule has 31 heavy (non-hydrogen) atoms. The molecule has 2 nitrogen and oxygen atoms in total. The standard InChI is InChI=1S/C29H35NO/c1-20(2)24-18-13-19-25(21(3)4)28(24)30-27(23-16-11-8-12-17-23)26(29(5,6)31)22-14-9-7-10-15-22/h7-21,26,31H,1-6H3. The van der Waals surface area contributed by atoms with Gasteiger partial charge in [0.15, 0.2) is 0 Å². The highest BCUT2D eigenvalue weighted by atomic mass is 16.3. The van der Waals surface area contributed by atoms with Crippen LogP contribution in [0.25, 0.3) is 0 Å². The van der Waals surface area contributed by atoms with E-state index in [4.69, 9.17) is 4.99 Å². The van der Waals surface area contributed by atoms with E-state index in [-0.39, 0.29) is 5.92 Å². The molecular formula is C29H35NO. The molecule has 162 valence electrons. The fourth-order valence-electron chi connectivity index (χ4n) is 4.21. The third-order valence-corrected chi connectivity index (χ3v) is 5.76. The molecule has 0 fully saturated rings. The number of rotatable bonds is 7. The lowest BCUT2D eigenvalue weighted by Crippen LogP contribution is -2.35. The van der Waals surface area contributed by atoms with Gasteiger partial charge in [-0.25, -0.2) is 0 Å². The zero-order chi connectivity index (χ0) is 22.6. The molecule has 0 amide bonds. The summed E-state index contributed by atoms with van der Waals surface area (Å²) in [6.07, 6.45) is 0. The van der Waals surface area contributed by atoms with Gasteiger partial charge in [-0.05, 0) is 47.9 Å². The topological polar surface area (TPSA) is 32.6 Å². The Bertz CT molecular complexity index is 985. The number of aliphatic hydroxyl groups is 1. The minimum Gasteiger partial charge on any atom is -0.389 e. The average molecular weight is 414 g/mol. The third-order valence-electron chi connectivity index (χ3n) is 5.76. The van der Waals surface area contributed by atoms with Gasteiger partial charge in [-0.1, -0.05) is 107 Å². The van der Waals surface area contributed by atoms with Crippen LogP contribution in [0.15, 0.2) is 83.9 Å². The van der Waals surface area contributed by atoms with Crippen molar-refractivity contribution in [1.29, 1.82) is 0 Å². The van der Waals surface area contributed by atoms with E-state index in [1.54, 1.807) is 0 Å². The molecule has 0 spiro atoms. The SMILES string of the molecule is CC(C)c1cccc(C(C)C)c1N=C(c1ccccc1)C(c1ccccc1)C(C)(C)O. The van der Waals surface area contributed by atoms with Crippen molar-refractivity contribution in [1.82, 2.24) is 0 Å². The maximum absolute atomic E-state index is 11.3. The molecule has 0 heterocycles. The van der Waals surface area contributed by atoms with Crippen molar-refractivity contribution in [2.75, 3.05) is 0 Å². The number of hydrogen-bond acceptors (Lipinski definition) is 2. The maximum Gasteiger partial charge on any atom is 0.0715 e. The molecule has 0 aromatic heterocycles. The van der Waals surface area contributed by atoms with Gasteiger partial charge in [-0.2, -0.15) is 0 Å². The first-order chi connectivity index (χ1) is 14.7. The van der Waals surface area contributed by atoms with Crippen molar-refractivity contribution in [2.45, 2.75) is 64.9 Å². The molecule has 0 saturated heterocycles. The lowest BCUT2D eigenvalue weighted by atomic mass is 9.78. The summed E-state index contributed by atoms with van der Waals surface area (Å²) in [7, 11) is 0. The van der Waals surface area contributed by atoms with Crippen molar-refractivity contribution in [3.63, 3.8) is 0 Å². The number of para-hydroxylation sites is 1. The Balaban J connectivity index is 2.36. The van der Waals surface area contributed by atoms with Gasteiger partial charge in [0.2, 0.25) is 0 Å². The molecule has 0 radical (unpaired) electrons. The van der Waals surface area contributed by atoms with Crippen LogP contribution in [0.4, 0.5) is 5.69 Å². The van der Waals surface area contributed by atoms with Crippen molar-refractivity contribution in [2.24, 2.45) is 4.99 Å². The Kier molecular flexibility index (Phi) is 7.12. The van der Waals surface area contributed by atoms with E-state index >= 15 is 0 Å². The summed E-state index contributed by atoms with van der Waals surface area (Å²) in [4.78, 5) is 5.37. The first kappa shape index (κ1) is 23.0. The lowest BCUT2D eigenvalue weighted by Gasteiger charge is -2.32. The van der Waals surface area contributed by atoms with Gasteiger partial charge in [-0.15, -0.1) is 0 Å². The Morgan fingerprint density at radius 3 is 1.65 bits per heavy atom. The maximum atomic E-state index is 11.3. The van der Waals surface area contributed by atoms with Crippen LogP contribution < -0.4 is 0 Å². The molecule has 0 bridgehead atoms. The van der Waals surface area contributed by atoms with E-state index in [1.807, 2.05) is 50.2 Å². The van der Waals surface area contributed by atoms with Gasteiger partial charge >= 0.3 is 0 Å². The number of aliphatic imine (C=N–C) groups is 1. The molecule has 3 aromatic rings. The molecule has 1 N–H and O–H groups in total. The van der Waals surface area contributed by atoms with Gasteiger partial charge < -0.3 is 5.11 Å². The summed E-state index contributed by atoms with van der Waals surface area (Å²) < 4.78 is 0.